The number of fused-ring (bicyclic) bond motifs is 1. The molecule has 4 aromatic rings. The summed E-state index contributed by atoms with van der Waals surface area (Å²) in [7, 11) is 1.64. The van der Waals surface area contributed by atoms with Gasteiger partial charge < -0.3 is 19.2 Å². The minimum absolute atomic E-state index is 0.157. The molecule has 0 spiro atoms. The van der Waals surface area contributed by atoms with Crippen LogP contribution in [-0.2, 0) is 13.0 Å². The fourth-order valence-electron chi connectivity index (χ4n) is 3.41. The molecule has 2 aromatic carbocycles. The normalized spacial score (nSPS) is 10.8. The van der Waals surface area contributed by atoms with Crippen LogP contribution in [-0.4, -0.2) is 28.9 Å². The Kier molecular flexibility index (Phi) is 6.17. The number of pyridine rings is 1. The maximum atomic E-state index is 12.7. The van der Waals surface area contributed by atoms with Crippen LogP contribution in [0.25, 0.3) is 5.65 Å². The van der Waals surface area contributed by atoms with Crippen molar-refractivity contribution in [1.82, 2.24) is 14.7 Å². The van der Waals surface area contributed by atoms with Crippen molar-refractivity contribution >= 4 is 11.6 Å². The first-order chi connectivity index (χ1) is 15.1. The topological polar surface area (TPSA) is 64.9 Å². The minimum Gasteiger partial charge on any atom is -0.497 e. The van der Waals surface area contributed by atoms with Crippen LogP contribution in [0, 0.1) is 6.92 Å². The van der Waals surface area contributed by atoms with Crippen molar-refractivity contribution in [3.05, 3.63) is 95.4 Å². The van der Waals surface area contributed by atoms with Crippen LogP contribution in [0.4, 0.5) is 0 Å². The summed E-state index contributed by atoms with van der Waals surface area (Å²) >= 11 is 0. The third-order valence-electron chi connectivity index (χ3n) is 5.09. The van der Waals surface area contributed by atoms with Crippen molar-refractivity contribution in [3.63, 3.8) is 0 Å². The first kappa shape index (κ1) is 20.5. The van der Waals surface area contributed by atoms with Gasteiger partial charge in [0.2, 0.25) is 0 Å². The van der Waals surface area contributed by atoms with Gasteiger partial charge in [-0.2, -0.15) is 0 Å². The van der Waals surface area contributed by atoms with Gasteiger partial charge in [0, 0.05) is 18.9 Å². The van der Waals surface area contributed by atoms with E-state index in [0.717, 1.165) is 34.6 Å². The predicted molar refractivity (Wildman–Crippen MR) is 120 cm³/mol. The molecule has 0 saturated carbocycles. The SMILES string of the molecule is COc1ccc(CCNC(=O)c2ccccc2OCc2cn3cccc(C)c3n2)cc1. The van der Waals surface area contributed by atoms with E-state index in [1.807, 2.05) is 72.2 Å². The molecule has 2 heterocycles. The summed E-state index contributed by atoms with van der Waals surface area (Å²) in [5, 5.41) is 2.97. The molecule has 0 unspecified atom stereocenters. The Bertz CT molecular complexity index is 1180. The number of carbonyl (C=O) groups is 1. The zero-order chi connectivity index (χ0) is 21.6. The van der Waals surface area contributed by atoms with Gasteiger partial charge in [0.15, 0.2) is 0 Å². The summed E-state index contributed by atoms with van der Waals surface area (Å²) < 4.78 is 13.1. The number of para-hydroxylation sites is 1. The lowest BCUT2D eigenvalue weighted by atomic mass is 10.1. The standard InChI is InChI=1S/C25H25N3O3/c1-18-6-5-15-28-16-20(27-24(18)28)17-31-23-8-4-3-7-22(23)25(29)26-14-13-19-9-11-21(30-2)12-10-19/h3-12,15-16H,13-14,17H2,1-2H3,(H,26,29). The maximum absolute atomic E-state index is 12.7. The lowest BCUT2D eigenvalue weighted by molar-refractivity contribution is 0.0949. The fraction of sp³-hybridized carbons (Fsp3) is 0.200. The third-order valence-corrected chi connectivity index (χ3v) is 5.09. The van der Waals surface area contributed by atoms with Crippen molar-refractivity contribution in [1.29, 1.82) is 0 Å². The Morgan fingerprint density at radius 2 is 1.87 bits per heavy atom. The number of benzene rings is 2. The zero-order valence-corrected chi connectivity index (χ0v) is 17.7. The van der Waals surface area contributed by atoms with E-state index in [2.05, 4.69) is 10.3 Å². The Morgan fingerprint density at radius 3 is 2.65 bits per heavy atom. The summed E-state index contributed by atoms with van der Waals surface area (Å²) in [6.45, 7) is 2.85. The van der Waals surface area contributed by atoms with Crippen molar-refractivity contribution in [3.8, 4) is 11.5 Å². The highest BCUT2D eigenvalue weighted by Gasteiger charge is 2.13. The second-order valence-electron chi connectivity index (χ2n) is 7.29. The smallest absolute Gasteiger partial charge is 0.255 e. The first-order valence-corrected chi connectivity index (χ1v) is 10.2. The number of nitrogens with zero attached hydrogens (tertiary/aromatic N) is 2. The second-order valence-corrected chi connectivity index (χ2v) is 7.29. The van der Waals surface area contributed by atoms with Crippen LogP contribution in [0.15, 0.2) is 73.1 Å². The van der Waals surface area contributed by atoms with Gasteiger partial charge in [0.05, 0.1) is 18.4 Å². The molecule has 0 radical (unpaired) electrons. The molecule has 0 atom stereocenters. The number of methoxy groups -OCH3 is 1. The molecule has 31 heavy (non-hydrogen) atoms. The summed E-state index contributed by atoms with van der Waals surface area (Å²) in [6, 6.07) is 19.1. The van der Waals surface area contributed by atoms with E-state index in [9.17, 15) is 4.79 Å². The third kappa shape index (κ3) is 4.86. The van der Waals surface area contributed by atoms with Gasteiger partial charge in [-0.1, -0.05) is 30.3 Å². The number of hydrogen-bond donors (Lipinski definition) is 1. The predicted octanol–water partition coefficient (Wildman–Crippen LogP) is 4.20. The zero-order valence-electron chi connectivity index (χ0n) is 17.7. The van der Waals surface area contributed by atoms with Crippen LogP contribution < -0.4 is 14.8 Å². The molecular weight excluding hydrogens is 390 g/mol. The van der Waals surface area contributed by atoms with Crippen molar-refractivity contribution in [2.75, 3.05) is 13.7 Å². The molecule has 4 rings (SSSR count). The number of hydrogen-bond acceptors (Lipinski definition) is 4. The molecule has 0 bridgehead atoms. The average Bonchev–Trinajstić information content (AvgIpc) is 3.23. The number of nitrogens with one attached hydrogen (secondary N) is 1. The number of imidazole rings is 1. The van der Waals surface area contributed by atoms with Crippen molar-refractivity contribution in [2.45, 2.75) is 20.0 Å². The number of carbonyl (C=O) groups excluding carboxylic acids is 1. The molecule has 0 aliphatic rings. The van der Waals surface area contributed by atoms with E-state index in [1.165, 1.54) is 0 Å². The number of amides is 1. The van der Waals surface area contributed by atoms with Gasteiger partial charge in [0.25, 0.3) is 5.91 Å². The molecule has 6 nitrogen and oxygen atoms in total. The van der Waals surface area contributed by atoms with Crippen LogP contribution >= 0.6 is 0 Å². The molecule has 2 aromatic heterocycles. The number of aromatic nitrogens is 2. The Balaban J connectivity index is 1.37. The van der Waals surface area contributed by atoms with Crippen LogP contribution in [0.3, 0.4) is 0 Å². The number of aryl methyl sites for hydroxylation is 1. The van der Waals surface area contributed by atoms with Gasteiger partial charge in [-0.3, -0.25) is 4.79 Å². The van der Waals surface area contributed by atoms with Crippen molar-refractivity contribution in [2.24, 2.45) is 0 Å². The summed E-state index contributed by atoms with van der Waals surface area (Å²) in [4.78, 5) is 17.3. The van der Waals surface area contributed by atoms with Gasteiger partial charge in [-0.05, 0) is 54.8 Å². The van der Waals surface area contributed by atoms with Gasteiger partial charge in [-0.15, -0.1) is 0 Å². The summed E-state index contributed by atoms with van der Waals surface area (Å²) in [5.41, 5.74) is 4.46. The molecule has 1 N–H and O–H groups in total. The highest BCUT2D eigenvalue weighted by molar-refractivity contribution is 5.96. The van der Waals surface area contributed by atoms with Crippen LogP contribution in [0.5, 0.6) is 11.5 Å². The Morgan fingerprint density at radius 1 is 1.06 bits per heavy atom. The van der Waals surface area contributed by atoms with Crippen LogP contribution in [0.2, 0.25) is 0 Å². The Hall–Kier alpha value is -3.80. The molecule has 0 aliphatic heterocycles. The first-order valence-electron chi connectivity index (χ1n) is 10.2. The lowest BCUT2D eigenvalue weighted by Crippen LogP contribution is -2.26. The van der Waals surface area contributed by atoms with Crippen molar-refractivity contribution < 1.29 is 14.3 Å². The monoisotopic (exact) mass is 415 g/mol. The van der Waals surface area contributed by atoms with E-state index < -0.39 is 0 Å². The summed E-state index contributed by atoms with van der Waals surface area (Å²) in [6.07, 6.45) is 4.64. The van der Waals surface area contributed by atoms with Gasteiger partial charge >= 0.3 is 0 Å². The van der Waals surface area contributed by atoms with E-state index in [1.54, 1.807) is 19.2 Å². The maximum Gasteiger partial charge on any atom is 0.255 e. The number of rotatable bonds is 8. The Labute approximate surface area is 181 Å². The highest BCUT2D eigenvalue weighted by Crippen LogP contribution is 2.20. The van der Waals surface area contributed by atoms with Crippen LogP contribution in [0.1, 0.15) is 27.2 Å². The van der Waals surface area contributed by atoms with E-state index in [4.69, 9.17) is 9.47 Å². The average molecular weight is 415 g/mol. The minimum atomic E-state index is -0.157. The van der Waals surface area contributed by atoms with E-state index in [0.29, 0.717) is 17.9 Å². The molecular formula is C25H25N3O3. The molecule has 0 fully saturated rings. The summed E-state index contributed by atoms with van der Waals surface area (Å²) in [5.74, 6) is 1.20. The molecule has 0 aliphatic carbocycles. The molecule has 1 amide bonds. The van der Waals surface area contributed by atoms with Gasteiger partial charge in [0.1, 0.15) is 23.8 Å². The molecule has 6 heteroatoms. The largest absolute Gasteiger partial charge is 0.497 e. The number of ether oxygens (including phenoxy) is 2. The highest BCUT2D eigenvalue weighted by atomic mass is 16.5. The van der Waals surface area contributed by atoms with E-state index in [-0.39, 0.29) is 12.5 Å². The lowest BCUT2D eigenvalue weighted by Gasteiger charge is -2.11. The fourth-order valence-corrected chi connectivity index (χ4v) is 3.41. The second kappa shape index (κ2) is 9.34. The quantitative estimate of drug-likeness (QED) is 0.468. The van der Waals surface area contributed by atoms with E-state index >= 15 is 0 Å². The van der Waals surface area contributed by atoms with Gasteiger partial charge in [-0.25, -0.2) is 4.98 Å². The molecule has 0 saturated heterocycles. The molecule has 158 valence electrons.